The van der Waals surface area contributed by atoms with E-state index in [1.807, 2.05) is 37.3 Å². The van der Waals surface area contributed by atoms with Gasteiger partial charge in [0.2, 0.25) is 10.0 Å². The van der Waals surface area contributed by atoms with Crippen molar-refractivity contribution in [2.75, 3.05) is 38.0 Å². The van der Waals surface area contributed by atoms with E-state index >= 15 is 0 Å². The summed E-state index contributed by atoms with van der Waals surface area (Å²) in [6.07, 6.45) is 1.23. The maximum Gasteiger partial charge on any atom is 0.211 e. The van der Waals surface area contributed by atoms with E-state index in [-0.39, 0.29) is 12.6 Å². The Morgan fingerprint density at radius 1 is 1.11 bits per heavy atom. The Kier molecular flexibility index (Phi) is 6.57. The molecule has 1 aliphatic heterocycles. The Bertz CT molecular complexity index is 935. The lowest BCUT2D eigenvalue weighted by atomic mass is 9.94. The zero-order valence-electron chi connectivity index (χ0n) is 16.1. The van der Waals surface area contributed by atoms with E-state index in [1.54, 1.807) is 19.2 Å². The fourth-order valence-electron chi connectivity index (χ4n) is 3.78. The molecule has 0 bridgehead atoms. The van der Waals surface area contributed by atoms with Gasteiger partial charge in [0.25, 0.3) is 0 Å². The van der Waals surface area contributed by atoms with Crippen LogP contribution in [-0.2, 0) is 14.8 Å². The second-order valence-corrected chi connectivity index (χ2v) is 9.81. The Balaban J connectivity index is 2.15. The van der Waals surface area contributed by atoms with Crippen molar-refractivity contribution in [1.29, 1.82) is 0 Å². The summed E-state index contributed by atoms with van der Waals surface area (Å²) < 4.78 is 31.9. The summed E-state index contributed by atoms with van der Waals surface area (Å²) in [5, 5.41) is 1.04. The van der Waals surface area contributed by atoms with Crippen LogP contribution < -0.4 is 4.90 Å². The lowest BCUT2D eigenvalue weighted by Gasteiger charge is -2.47. The number of nitrogens with zero attached hydrogens (tertiary/aromatic N) is 2. The minimum absolute atomic E-state index is 0.249. The molecule has 0 radical (unpaired) electrons. The Hall–Kier alpha value is -1.31. The van der Waals surface area contributed by atoms with Crippen LogP contribution in [0.25, 0.3) is 0 Å². The van der Waals surface area contributed by atoms with Gasteiger partial charge in [0.1, 0.15) is 0 Å². The second kappa shape index (κ2) is 8.59. The summed E-state index contributed by atoms with van der Waals surface area (Å²) in [7, 11) is -1.84. The predicted molar refractivity (Wildman–Crippen MR) is 115 cm³/mol. The molecule has 0 unspecified atom stereocenters. The van der Waals surface area contributed by atoms with E-state index in [2.05, 4.69) is 4.90 Å². The molecule has 2 aromatic rings. The van der Waals surface area contributed by atoms with Gasteiger partial charge in [-0.15, -0.1) is 0 Å². The third-order valence-electron chi connectivity index (χ3n) is 5.04. The average Bonchev–Trinajstić information content (AvgIpc) is 2.62. The van der Waals surface area contributed by atoms with Crippen molar-refractivity contribution in [2.45, 2.75) is 19.0 Å². The molecule has 28 heavy (non-hydrogen) atoms. The molecule has 8 heteroatoms. The standard InChI is InChI=1S/C20H24Cl2N2O3S/c1-14-4-7-16(8-5-14)23-10-11-24(28(3,25)26)19(13-27-2)20(23)17-9-6-15(21)12-18(17)22/h4-9,12,19-20H,10-11,13H2,1-3H3/t19-,20+/m1/s1. The van der Waals surface area contributed by atoms with E-state index in [0.717, 1.165) is 16.8 Å². The van der Waals surface area contributed by atoms with Crippen LogP contribution in [0.3, 0.4) is 0 Å². The van der Waals surface area contributed by atoms with Crippen LogP contribution in [0.15, 0.2) is 42.5 Å². The Labute approximate surface area is 176 Å². The second-order valence-electron chi connectivity index (χ2n) is 7.04. The summed E-state index contributed by atoms with van der Waals surface area (Å²) >= 11 is 12.6. The van der Waals surface area contributed by atoms with Gasteiger partial charge in [0.05, 0.1) is 24.9 Å². The van der Waals surface area contributed by atoms with Gasteiger partial charge in [0.15, 0.2) is 0 Å². The molecule has 0 spiro atoms. The zero-order valence-corrected chi connectivity index (χ0v) is 18.4. The number of sulfonamides is 1. The first-order valence-corrected chi connectivity index (χ1v) is 11.6. The molecule has 0 aliphatic carbocycles. The summed E-state index contributed by atoms with van der Waals surface area (Å²) in [4.78, 5) is 2.19. The number of benzene rings is 2. The van der Waals surface area contributed by atoms with Crippen molar-refractivity contribution in [2.24, 2.45) is 0 Å². The first-order chi connectivity index (χ1) is 13.2. The van der Waals surface area contributed by atoms with Crippen LogP contribution in [0.4, 0.5) is 5.69 Å². The molecule has 1 fully saturated rings. The molecule has 152 valence electrons. The van der Waals surface area contributed by atoms with E-state index < -0.39 is 16.1 Å². The third-order valence-corrected chi connectivity index (χ3v) is 6.91. The Morgan fingerprint density at radius 2 is 1.79 bits per heavy atom. The normalized spacial score (nSPS) is 21.1. The number of piperazine rings is 1. The molecule has 5 nitrogen and oxygen atoms in total. The molecule has 2 aromatic carbocycles. The summed E-state index contributed by atoms with van der Waals surface area (Å²) in [6, 6.07) is 12.8. The van der Waals surface area contributed by atoms with E-state index in [4.69, 9.17) is 27.9 Å². The van der Waals surface area contributed by atoms with Crippen LogP contribution in [0, 0.1) is 6.92 Å². The van der Waals surface area contributed by atoms with Crippen molar-refractivity contribution in [1.82, 2.24) is 4.31 Å². The molecular weight excluding hydrogens is 419 g/mol. The number of halogens is 2. The van der Waals surface area contributed by atoms with Crippen LogP contribution in [0.5, 0.6) is 0 Å². The molecule has 0 aromatic heterocycles. The number of ether oxygens (including phenoxy) is 1. The summed E-state index contributed by atoms with van der Waals surface area (Å²) in [6.45, 7) is 3.20. The van der Waals surface area contributed by atoms with Gasteiger partial charge in [0, 0.05) is 35.9 Å². The van der Waals surface area contributed by atoms with Gasteiger partial charge >= 0.3 is 0 Å². The van der Waals surface area contributed by atoms with Crippen molar-refractivity contribution in [3.8, 4) is 0 Å². The number of hydrogen-bond acceptors (Lipinski definition) is 4. The topological polar surface area (TPSA) is 49.9 Å². The van der Waals surface area contributed by atoms with Crippen molar-refractivity contribution < 1.29 is 13.2 Å². The zero-order chi connectivity index (χ0) is 20.5. The maximum absolute atomic E-state index is 12.5. The van der Waals surface area contributed by atoms with Gasteiger partial charge < -0.3 is 9.64 Å². The SMILES string of the molecule is COC[C@@H]1[C@H](c2ccc(Cl)cc2Cl)N(c2ccc(C)cc2)CCN1S(C)(=O)=O. The highest BCUT2D eigenvalue weighted by molar-refractivity contribution is 7.88. The number of anilines is 1. The smallest absolute Gasteiger partial charge is 0.211 e. The molecular formula is C20H24Cl2N2O3S. The predicted octanol–water partition coefficient (Wildman–Crippen LogP) is 4.14. The van der Waals surface area contributed by atoms with E-state index in [1.165, 1.54) is 10.6 Å². The van der Waals surface area contributed by atoms with Crippen LogP contribution >= 0.6 is 23.2 Å². The molecule has 1 saturated heterocycles. The van der Waals surface area contributed by atoms with Gasteiger partial charge in [-0.1, -0.05) is 47.0 Å². The van der Waals surface area contributed by atoms with Crippen LogP contribution in [0.2, 0.25) is 10.0 Å². The van der Waals surface area contributed by atoms with Crippen molar-refractivity contribution in [3.05, 3.63) is 63.6 Å². The largest absolute Gasteiger partial charge is 0.383 e. The van der Waals surface area contributed by atoms with Crippen molar-refractivity contribution in [3.63, 3.8) is 0 Å². The van der Waals surface area contributed by atoms with Crippen molar-refractivity contribution >= 4 is 38.9 Å². The third kappa shape index (κ3) is 4.47. The van der Waals surface area contributed by atoms with E-state index in [9.17, 15) is 8.42 Å². The van der Waals surface area contributed by atoms with E-state index in [0.29, 0.717) is 23.1 Å². The van der Waals surface area contributed by atoms with Gasteiger partial charge in [-0.2, -0.15) is 4.31 Å². The number of rotatable bonds is 5. The average molecular weight is 443 g/mol. The molecule has 3 rings (SSSR count). The lowest BCUT2D eigenvalue weighted by molar-refractivity contribution is 0.104. The molecule has 0 saturated carbocycles. The molecule has 2 atom stereocenters. The monoisotopic (exact) mass is 442 g/mol. The van der Waals surface area contributed by atoms with Crippen LogP contribution in [-0.4, -0.2) is 51.8 Å². The molecule has 1 aliphatic rings. The minimum Gasteiger partial charge on any atom is -0.383 e. The fourth-order valence-corrected chi connectivity index (χ4v) is 5.38. The first kappa shape index (κ1) is 21.4. The number of hydrogen-bond donors (Lipinski definition) is 0. The highest BCUT2D eigenvalue weighted by Gasteiger charge is 2.42. The minimum atomic E-state index is -3.41. The number of aryl methyl sites for hydroxylation is 1. The maximum atomic E-state index is 12.5. The quantitative estimate of drug-likeness (QED) is 0.697. The Morgan fingerprint density at radius 3 is 2.36 bits per heavy atom. The summed E-state index contributed by atoms with van der Waals surface area (Å²) in [5.74, 6) is 0. The van der Waals surface area contributed by atoms with Crippen LogP contribution in [0.1, 0.15) is 17.2 Å². The van der Waals surface area contributed by atoms with Gasteiger partial charge in [-0.3, -0.25) is 0 Å². The number of methoxy groups -OCH3 is 1. The highest BCUT2D eigenvalue weighted by atomic mass is 35.5. The first-order valence-electron chi connectivity index (χ1n) is 8.96. The molecule has 1 heterocycles. The van der Waals surface area contributed by atoms with Gasteiger partial charge in [-0.25, -0.2) is 8.42 Å². The fraction of sp³-hybridized carbons (Fsp3) is 0.400. The highest BCUT2D eigenvalue weighted by Crippen LogP contribution is 2.39. The lowest BCUT2D eigenvalue weighted by Crippen LogP contribution is -2.58. The molecule has 0 amide bonds. The summed E-state index contributed by atoms with van der Waals surface area (Å²) in [5.41, 5.74) is 2.99. The molecule has 0 N–H and O–H groups in total. The van der Waals surface area contributed by atoms with Gasteiger partial charge in [-0.05, 0) is 36.8 Å².